The van der Waals surface area contributed by atoms with Crippen LogP contribution >= 0.6 is 12.4 Å². The first-order valence-electron chi connectivity index (χ1n) is 8.62. The third kappa shape index (κ3) is 4.51. The second-order valence-electron chi connectivity index (χ2n) is 6.10. The highest BCUT2D eigenvalue weighted by molar-refractivity contribution is 5.85. The van der Waals surface area contributed by atoms with Crippen molar-refractivity contribution in [2.75, 3.05) is 50.8 Å². The minimum absolute atomic E-state index is 0. The molecule has 0 atom stereocenters. The maximum Gasteiger partial charge on any atom is 0.225 e. The van der Waals surface area contributed by atoms with Gasteiger partial charge in [-0.15, -0.1) is 12.4 Å². The average molecular weight is 355 g/mol. The van der Waals surface area contributed by atoms with E-state index in [1.807, 2.05) is 30.0 Å². The van der Waals surface area contributed by atoms with Crippen molar-refractivity contribution in [3.63, 3.8) is 0 Å². The first-order valence-corrected chi connectivity index (χ1v) is 8.62. The minimum atomic E-state index is 0. The highest BCUT2D eigenvalue weighted by Crippen LogP contribution is 2.20. The summed E-state index contributed by atoms with van der Waals surface area (Å²) >= 11 is 0. The predicted molar refractivity (Wildman–Crippen MR) is 97.0 cm³/mol. The molecular formula is C17H27ClN4O2. The molecule has 0 saturated carbocycles. The summed E-state index contributed by atoms with van der Waals surface area (Å²) < 4.78 is 5.47. The Kier molecular flexibility index (Phi) is 7.12. The Morgan fingerprint density at radius 2 is 1.96 bits per heavy atom. The molecule has 0 unspecified atom stereocenters. The molecule has 1 amide bonds. The van der Waals surface area contributed by atoms with E-state index >= 15 is 0 Å². The largest absolute Gasteiger partial charge is 0.478 e. The SMILES string of the molecule is CCOc1cccc(N2CCN(C(=O)C3CCNCC3)CC2)n1.Cl. The molecule has 1 aromatic rings. The van der Waals surface area contributed by atoms with Crippen LogP contribution in [0.2, 0.25) is 0 Å². The lowest BCUT2D eigenvalue weighted by Gasteiger charge is -2.37. The summed E-state index contributed by atoms with van der Waals surface area (Å²) in [6.45, 7) is 7.73. The third-order valence-corrected chi connectivity index (χ3v) is 4.60. The zero-order valence-corrected chi connectivity index (χ0v) is 15.1. The fraction of sp³-hybridized carbons (Fsp3) is 0.647. The van der Waals surface area contributed by atoms with Crippen LogP contribution in [0.15, 0.2) is 18.2 Å². The van der Waals surface area contributed by atoms with Crippen molar-refractivity contribution >= 4 is 24.1 Å². The quantitative estimate of drug-likeness (QED) is 0.889. The Bertz CT molecular complexity index is 529. The molecule has 24 heavy (non-hydrogen) atoms. The van der Waals surface area contributed by atoms with Gasteiger partial charge in [-0.25, -0.2) is 0 Å². The fourth-order valence-electron chi connectivity index (χ4n) is 3.29. The number of nitrogens with one attached hydrogen (secondary N) is 1. The van der Waals surface area contributed by atoms with E-state index in [1.165, 1.54) is 0 Å². The maximum atomic E-state index is 12.6. The Labute approximate surface area is 150 Å². The van der Waals surface area contributed by atoms with E-state index in [4.69, 9.17) is 4.74 Å². The molecule has 0 bridgehead atoms. The van der Waals surface area contributed by atoms with Gasteiger partial charge in [-0.1, -0.05) is 6.07 Å². The van der Waals surface area contributed by atoms with Gasteiger partial charge < -0.3 is 19.9 Å². The van der Waals surface area contributed by atoms with Crippen molar-refractivity contribution in [3.05, 3.63) is 18.2 Å². The third-order valence-electron chi connectivity index (χ3n) is 4.60. The van der Waals surface area contributed by atoms with E-state index in [0.717, 1.165) is 57.9 Å². The first kappa shape index (κ1) is 18.8. The highest BCUT2D eigenvalue weighted by atomic mass is 35.5. The number of carbonyl (C=O) groups is 1. The van der Waals surface area contributed by atoms with Gasteiger partial charge in [0.2, 0.25) is 11.8 Å². The molecule has 7 heteroatoms. The number of pyridine rings is 1. The lowest BCUT2D eigenvalue weighted by molar-refractivity contribution is -0.136. The van der Waals surface area contributed by atoms with Crippen molar-refractivity contribution in [1.29, 1.82) is 0 Å². The molecule has 2 fully saturated rings. The number of carbonyl (C=O) groups excluding carboxylic acids is 1. The number of amides is 1. The number of hydrogen-bond acceptors (Lipinski definition) is 5. The van der Waals surface area contributed by atoms with Gasteiger partial charge in [-0.05, 0) is 38.9 Å². The molecule has 2 aliphatic rings. The number of hydrogen-bond donors (Lipinski definition) is 1. The summed E-state index contributed by atoms with van der Waals surface area (Å²) in [5.74, 6) is 2.15. The Morgan fingerprint density at radius 3 is 2.62 bits per heavy atom. The molecule has 0 aromatic carbocycles. The summed E-state index contributed by atoms with van der Waals surface area (Å²) in [5, 5.41) is 3.32. The van der Waals surface area contributed by atoms with E-state index in [0.29, 0.717) is 18.4 Å². The van der Waals surface area contributed by atoms with Gasteiger partial charge in [0.05, 0.1) is 6.61 Å². The van der Waals surface area contributed by atoms with Crippen LogP contribution in [0.4, 0.5) is 5.82 Å². The molecule has 2 aliphatic heterocycles. The van der Waals surface area contributed by atoms with E-state index in [2.05, 4.69) is 15.2 Å². The molecule has 6 nitrogen and oxygen atoms in total. The van der Waals surface area contributed by atoms with Crippen molar-refractivity contribution in [1.82, 2.24) is 15.2 Å². The summed E-state index contributed by atoms with van der Waals surface area (Å²) in [5.41, 5.74) is 0. The number of piperidine rings is 1. The van der Waals surface area contributed by atoms with E-state index in [9.17, 15) is 4.79 Å². The van der Waals surface area contributed by atoms with Crippen LogP contribution in [-0.4, -0.2) is 61.7 Å². The van der Waals surface area contributed by atoms with Gasteiger partial charge >= 0.3 is 0 Å². The van der Waals surface area contributed by atoms with Crippen molar-refractivity contribution in [2.45, 2.75) is 19.8 Å². The van der Waals surface area contributed by atoms with E-state index < -0.39 is 0 Å². The minimum Gasteiger partial charge on any atom is -0.478 e. The van der Waals surface area contributed by atoms with Gasteiger partial charge in [-0.3, -0.25) is 4.79 Å². The van der Waals surface area contributed by atoms with Crippen LogP contribution in [-0.2, 0) is 4.79 Å². The summed E-state index contributed by atoms with van der Waals surface area (Å²) in [6, 6.07) is 5.86. The average Bonchev–Trinajstić information content (AvgIpc) is 2.62. The van der Waals surface area contributed by atoms with Gasteiger partial charge in [0.15, 0.2) is 0 Å². The lowest BCUT2D eigenvalue weighted by Crippen LogP contribution is -2.51. The van der Waals surface area contributed by atoms with Crippen LogP contribution < -0.4 is 15.0 Å². The fourth-order valence-corrected chi connectivity index (χ4v) is 3.29. The second kappa shape index (κ2) is 9.08. The Balaban J connectivity index is 0.00000208. The Morgan fingerprint density at radius 1 is 1.25 bits per heavy atom. The molecule has 134 valence electrons. The normalized spacial score (nSPS) is 18.9. The molecule has 0 aliphatic carbocycles. The van der Waals surface area contributed by atoms with Crippen LogP contribution in [0.5, 0.6) is 5.88 Å². The molecule has 0 spiro atoms. The zero-order chi connectivity index (χ0) is 16.1. The topological polar surface area (TPSA) is 57.7 Å². The smallest absolute Gasteiger partial charge is 0.225 e. The second-order valence-corrected chi connectivity index (χ2v) is 6.10. The summed E-state index contributed by atoms with van der Waals surface area (Å²) in [6.07, 6.45) is 1.94. The van der Waals surface area contributed by atoms with Crippen LogP contribution in [0.3, 0.4) is 0 Å². The van der Waals surface area contributed by atoms with E-state index in [-0.39, 0.29) is 18.3 Å². The maximum absolute atomic E-state index is 12.6. The van der Waals surface area contributed by atoms with Crippen LogP contribution in [0.1, 0.15) is 19.8 Å². The van der Waals surface area contributed by atoms with Crippen molar-refractivity contribution in [3.8, 4) is 5.88 Å². The van der Waals surface area contributed by atoms with Gasteiger partial charge in [0.25, 0.3) is 0 Å². The number of piperazine rings is 1. The van der Waals surface area contributed by atoms with Crippen LogP contribution in [0.25, 0.3) is 0 Å². The molecule has 1 N–H and O–H groups in total. The molecule has 0 radical (unpaired) electrons. The summed E-state index contributed by atoms with van der Waals surface area (Å²) in [4.78, 5) is 21.4. The standard InChI is InChI=1S/C17H26N4O2.ClH/c1-2-23-16-5-3-4-15(19-16)20-10-12-21(13-11-20)17(22)14-6-8-18-9-7-14;/h3-5,14,18H,2,6-13H2,1H3;1H. The monoisotopic (exact) mass is 354 g/mol. The molecule has 3 rings (SSSR count). The van der Waals surface area contributed by atoms with Crippen molar-refractivity contribution in [2.24, 2.45) is 5.92 Å². The number of anilines is 1. The summed E-state index contributed by atoms with van der Waals surface area (Å²) in [7, 11) is 0. The number of halogens is 1. The predicted octanol–water partition coefficient (Wildman–Crippen LogP) is 1.55. The molecule has 3 heterocycles. The zero-order valence-electron chi connectivity index (χ0n) is 14.2. The van der Waals surface area contributed by atoms with Gasteiger partial charge in [0.1, 0.15) is 5.82 Å². The number of aromatic nitrogens is 1. The molecule has 2 saturated heterocycles. The van der Waals surface area contributed by atoms with E-state index in [1.54, 1.807) is 0 Å². The molecule has 1 aromatic heterocycles. The lowest BCUT2D eigenvalue weighted by atomic mass is 9.96. The Hall–Kier alpha value is -1.53. The van der Waals surface area contributed by atoms with Gasteiger partial charge in [0, 0.05) is 38.2 Å². The highest BCUT2D eigenvalue weighted by Gasteiger charge is 2.28. The van der Waals surface area contributed by atoms with Crippen molar-refractivity contribution < 1.29 is 9.53 Å². The number of ether oxygens (including phenoxy) is 1. The van der Waals surface area contributed by atoms with Crippen LogP contribution in [0, 0.1) is 5.92 Å². The first-order chi connectivity index (χ1) is 11.3. The number of nitrogens with zero attached hydrogens (tertiary/aromatic N) is 3. The molecular weight excluding hydrogens is 328 g/mol. The van der Waals surface area contributed by atoms with Gasteiger partial charge in [-0.2, -0.15) is 4.98 Å². The number of rotatable bonds is 4.